The van der Waals surface area contributed by atoms with E-state index in [9.17, 15) is 4.79 Å². The monoisotopic (exact) mass is 548 g/mol. The van der Waals surface area contributed by atoms with Gasteiger partial charge in [-0.15, -0.1) is 24.0 Å². The van der Waals surface area contributed by atoms with E-state index in [1.165, 1.54) is 5.56 Å². The summed E-state index contributed by atoms with van der Waals surface area (Å²) in [7, 11) is 0. The average molecular weight is 549 g/mol. The molecule has 1 aromatic rings. The van der Waals surface area contributed by atoms with Crippen LogP contribution in [0.15, 0.2) is 29.3 Å². The number of aliphatic imine (C=N–C) groups is 1. The van der Waals surface area contributed by atoms with Gasteiger partial charge in [0.05, 0.1) is 0 Å². The Bertz CT molecular complexity index is 658. The lowest BCUT2D eigenvalue weighted by Crippen LogP contribution is -2.50. The van der Waals surface area contributed by atoms with Gasteiger partial charge >= 0.3 is 0 Å². The Balaban J connectivity index is 0.00000450. The number of aryl methyl sites for hydroxylation is 1. The normalized spacial score (nSPS) is 15.1. The highest BCUT2D eigenvalue weighted by molar-refractivity contribution is 14.0. The number of likely N-dealkylation sites (tertiary alicyclic amines) is 1. The van der Waals surface area contributed by atoms with Crippen molar-refractivity contribution in [3.05, 3.63) is 34.9 Å². The molecular formula is C23H38ClIN4O. The topological polar surface area (TPSA) is 56.7 Å². The fourth-order valence-corrected chi connectivity index (χ4v) is 4.05. The van der Waals surface area contributed by atoms with Crippen LogP contribution in [0.25, 0.3) is 0 Å². The predicted molar refractivity (Wildman–Crippen MR) is 138 cm³/mol. The van der Waals surface area contributed by atoms with Gasteiger partial charge in [-0.3, -0.25) is 9.79 Å². The van der Waals surface area contributed by atoms with E-state index in [0.29, 0.717) is 11.9 Å². The first-order valence-corrected chi connectivity index (χ1v) is 11.5. The van der Waals surface area contributed by atoms with Crippen LogP contribution in [0.3, 0.4) is 0 Å². The highest BCUT2D eigenvalue weighted by Gasteiger charge is 2.26. The van der Waals surface area contributed by atoms with Crippen LogP contribution in [-0.4, -0.2) is 49.0 Å². The molecule has 2 N–H and O–H groups in total. The predicted octanol–water partition coefficient (Wildman–Crippen LogP) is 4.87. The number of guanidine groups is 1. The molecule has 1 fully saturated rings. The van der Waals surface area contributed by atoms with E-state index in [1.807, 2.05) is 23.1 Å². The number of amides is 1. The molecule has 1 heterocycles. The molecular weight excluding hydrogens is 511 g/mol. The van der Waals surface area contributed by atoms with Crippen LogP contribution in [-0.2, 0) is 11.2 Å². The minimum Gasteiger partial charge on any atom is -0.357 e. The molecule has 0 spiro atoms. The van der Waals surface area contributed by atoms with Crippen LogP contribution in [0.4, 0.5) is 0 Å². The van der Waals surface area contributed by atoms with Gasteiger partial charge in [-0.05, 0) is 57.1 Å². The molecule has 1 aromatic carbocycles. The first-order valence-electron chi connectivity index (χ1n) is 11.2. The number of hydrogen-bond donors (Lipinski definition) is 2. The second-order valence-electron chi connectivity index (χ2n) is 7.71. The third-order valence-electron chi connectivity index (χ3n) is 5.66. The minimum atomic E-state index is 0. The zero-order valence-corrected chi connectivity index (χ0v) is 21.7. The molecule has 0 atom stereocenters. The van der Waals surface area contributed by atoms with Crippen molar-refractivity contribution in [2.45, 2.75) is 65.3 Å². The second kappa shape index (κ2) is 14.9. The van der Waals surface area contributed by atoms with Gasteiger partial charge in [0, 0.05) is 43.2 Å². The number of benzene rings is 1. The van der Waals surface area contributed by atoms with E-state index in [-0.39, 0.29) is 29.9 Å². The Morgan fingerprint density at radius 1 is 1.20 bits per heavy atom. The SMILES string of the molecule is CCNC(=NCCCc1ccccc1Cl)NC1CCN(C(=O)C(CC)CC)CC1.I. The van der Waals surface area contributed by atoms with Gasteiger partial charge in [-0.2, -0.15) is 0 Å². The van der Waals surface area contributed by atoms with E-state index in [1.54, 1.807) is 0 Å². The number of rotatable bonds is 9. The molecule has 1 aliphatic heterocycles. The molecule has 1 amide bonds. The van der Waals surface area contributed by atoms with E-state index in [2.05, 4.69) is 37.5 Å². The molecule has 5 nitrogen and oxygen atoms in total. The summed E-state index contributed by atoms with van der Waals surface area (Å²) >= 11 is 6.23. The zero-order chi connectivity index (χ0) is 21.1. The molecule has 7 heteroatoms. The Labute approximate surface area is 204 Å². The van der Waals surface area contributed by atoms with Crippen molar-refractivity contribution in [2.24, 2.45) is 10.9 Å². The average Bonchev–Trinajstić information content (AvgIpc) is 2.73. The fourth-order valence-electron chi connectivity index (χ4n) is 3.82. The summed E-state index contributed by atoms with van der Waals surface area (Å²) in [6.45, 7) is 9.54. The molecule has 0 saturated carbocycles. The maximum atomic E-state index is 12.6. The van der Waals surface area contributed by atoms with Gasteiger partial charge in [0.2, 0.25) is 5.91 Å². The van der Waals surface area contributed by atoms with E-state index in [0.717, 1.165) is 75.7 Å². The number of nitrogens with zero attached hydrogens (tertiary/aromatic N) is 2. The number of nitrogens with one attached hydrogen (secondary N) is 2. The minimum absolute atomic E-state index is 0. The molecule has 2 rings (SSSR count). The van der Waals surface area contributed by atoms with Crippen LogP contribution < -0.4 is 10.6 Å². The third-order valence-corrected chi connectivity index (χ3v) is 6.03. The van der Waals surface area contributed by atoms with Crippen molar-refractivity contribution in [3.63, 3.8) is 0 Å². The Morgan fingerprint density at radius 2 is 1.87 bits per heavy atom. The number of piperidine rings is 1. The summed E-state index contributed by atoms with van der Waals surface area (Å²) in [6.07, 6.45) is 5.69. The summed E-state index contributed by atoms with van der Waals surface area (Å²) in [5, 5.41) is 7.73. The van der Waals surface area contributed by atoms with E-state index in [4.69, 9.17) is 16.6 Å². The van der Waals surface area contributed by atoms with Crippen molar-refractivity contribution in [3.8, 4) is 0 Å². The number of carbonyl (C=O) groups excluding carboxylic acids is 1. The zero-order valence-electron chi connectivity index (χ0n) is 18.6. The van der Waals surface area contributed by atoms with Crippen molar-refractivity contribution in [1.29, 1.82) is 0 Å². The Hall–Kier alpha value is -1.02. The first-order chi connectivity index (χ1) is 14.1. The van der Waals surface area contributed by atoms with Crippen LogP contribution >= 0.6 is 35.6 Å². The highest BCUT2D eigenvalue weighted by atomic mass is 127. The van der Waals surface area contributed by atoms with Crippen molar-refractivity contribution < 1.29 is 4.79 Å². The number of carbonyl (C=O) groups is 1. The molecule has 0 aliphatic carbocycles. The molecule has 0 aromatic heterocycles. The quantitative estimate of drug-likeness (QED) is 0.200. The van der Waals surface area contributed by atoms with Crippen molar-refractivity contribution in [1.82, 2.24) is 15.5 Å². The van der Waals surface area contributed by atoms with E-state index < -0.39 is 0 Å². The summed E-state index contributed by atoms with van der Waals surface area (Å²) in [5.41, 5.74) is 1.18. The number of hydrogen-bond acceptors (Lipinski definition) is 2. The summed E-state index contributed by atoms with van der Waals surface area (Å²) in [5.74, 6) is 1.38. The van der Waals surface area contributed by atoms with Crippen LogP contribution in [0.2, 0.25) is 5.02 Å². The molecule has 1 saturated heterocycles. The fraction of sp³-hybridized carbons (Fsp3) is 0.652. The van der Waals surface area contributed by atoms with Gasteiger partial charge in [0.25, 0.3) is 0 Å². The highest BCUT2D eigenvalue weighted by Crippen LogP contribution is 2.18. The van der Waals surface area contributed by atoms with Crippen LogP contribution in [0.5, 0.6) is 0 Å². The van der Waals surface area contributed by atoms with Gasteiger partial charge < -0.3 is 15.5 Å². The van der Waals surface area contributed by atoms with Crippen LogP contribution in [0.1, 0.15) is 58.4 Å². The molecule has 170 valence electrons. The van der Waals surface area contributed by atoms with Crippen LogP contribution in [0, 0.1) is 5.92 Å². The second-order valence-corrected chi connectivity index (χ2v) is 8.12. The van der Waals surface area contributed by atoms with Crippen molar-refractivity contribution in [2.75, 3.05) is 26.2 Å². The standard InChI is InChI=1S/C23H37ClN4O.HI/c1-4-18(5-2)22(29)28-16-13-20(14-17-28)27-23(25-6-3)26-15-9-11-19-10-7-8-12-21(19)24;/h7-8,10,12,18,20H,4-6,9,11,13-17H2,1-3H3,(H2,25,26,27);1H. The first kappa shape index (κ1) is 27.0. The molecule has 0 radical (unpaired) electrons. The van der Waals surface area contributed by atoms with Gasteiger partial charge in [0.15, 0.2) is 5.96 Å². The lowest BCUT2D eigenvalue weighted by molar-refractivity contribution is -0.136. The lowest BCUT2D eigenvalue weighted by atomic mass is 9.98. The molecule has 1 aliphatic rings. The van der Waals surface area contributed by atoms with Gasteiger partial charge in [-0.1, -0.05) is 43.6 Å². The largest absolute Gasteiger partial charge is 0.357 e. The maximum Gasteiger partial charge on any atom is 0.225 e. The molecule has 0 bridgehead atoms. The molecule has 0 unspecified atom stereocenters. The lowest BCUT2D eigenvalue weighted by Gasteiger charge is -2.34. The smallest absolute Gasteiger partial charge is 0.225 e. The van der Waals surface area contributed by atoms with Gasteiger partial charge in [-0.25, -0.2) is 0 Å². The summed E-state index contributed by atoms with van der Waals surface area (Å²) in [4.78, 5) is 19.3. The van der Waals surface area contributed by atoms with Gasteiger partial charge in [0.1, 0.15) is 0 Å². The summed E-state index contributed by atoms with van der Waals surface area (Å²) < 4.78 is 0. The Kier molecular flexibility index (Phi) is 13.4. The number of halogens is 2. The Morgan fingerprint density at radius 3 is 2.47 bits per heavy atom. The summed E-state index contributed by atoms with van der Waals surface area (Å²) in [6, 6.07) is 8.36. The van der Waals surface area contributed by atoms with Crippen molar-refractivity contribution >= 4 is 47.4 Å². The van der Waals surface area contributed by atoms with E-state index >= 15 is 0 Å². The third kappa shape index (κ3) is 8.61. The molecule has 30 heavy (non-hydrogen) atoms. The maximum absolute atomic E-state index is 12.6.